The van der Waals surface area contributed by atoms with Gasteiger partial charge < -0.3 is 4.74 Å². The van der Waals surface area contributed by atoms with E-state index in [0.717, 1.165) is 16.7 Å². The molecule has 0 heterocycles. The quantitative estimate of drug-likeness (QED) is 0.611. The first-order valence-corrected chi connectivity index (χ1v) is 5.89. The summed E-state index contributed by atoms with van der Waals surface area (Å²) in [6, 6.07) is 5.66. The van der Waals surface area contributed by atoms with Gasteiger partial charge in [0.25, 0.3) is 0 Å². The Kier molecular flexibility index (Phi) is 4.99. The molecule has 3 nitrogen and oxygen atoms in total. The highest BCUT2D eigenvalue weighted by atomic mass is 35.5. The predicted molar refractivity (Wildman–Crippen MR) is 65.8 cm³/mol. The molecule has 0 atom stereocenters. The maximum absolute atomic E-state index is 11.3. The number of alkyl halides is 1. The van der Waals surface area contributed by atoms with E-state index in [1.807, 2.05) is 13.0 Å². The Hall–Kier alpha value is -1.53. The molecule has 1 rings (SSSR count). The van der Waals surface area contributed by atoms with Crippen molar-refractivity contribution in [3.05, 3.63) is 34.4 Å². The van der Waals surface area contributed by atoms with Crippen molar-refractivity contribution in [3.8, 4) is 6.07 Å². The van der Waals surface area contributed by atoms with Crippen LogP contribution in [0.1, 0.15) is 29.2 Å². The first kappa shape index (κ1) is 13.5. The molecule has 0 aliphatic rings. The van der Waals surface area contributed by atoms with Crippen molar-refractivity contribution in [1.29, 1.82) is 5.26 Å². The molecule has 0 amide bonds. The number of carbonyl (C=O) groups excluding carboxylic acids is 1. The van der Waals surface area contributed by atoms with Gasteiger partial charge in [-0.1, -0.05) is 6.07 Å². The maximum Gasteiger partial charge on any atom is 0.310 e. The van der Waals surface area contributed by atoms with Crippen molar-refractivity contribution in [2.75, 3.05) is 6.61 Å². The van der Waals surface area contributed by atoms with Gasteiger partial charge in [0.2, 0.25) is 0 Å². The summed E-state index contributed by atoms with van der Waals surface area (Å²) in [5, 5.41) is 9.01. The van der Waals surface area contributed by atoms with Crippen LogP contribution in [0.2, 0.25) is 0 Å². The first-order chi connectivity index (χ1) is 8.12. The molecule has 0 bridgehead atoms. The Morgan fingerprint density at radius 3 is 2.76 bits per heavy atom. The topological polar surface area (TPSA) is 50.1 Å². The van der Waals surface area contributed by atoms with E-state index in [1.54, 1.807) is 13.0 Å². The highest BCUT2D eigenvalue weighted by molar-refractivity contribution is 6.17. The van der Waals surface area contributed by atoms with Gasteiger partial charge in [-0.25, -0.2) is 0 Å². The first-order valence-electron chi connectivity index (χ1n) is 5.36. The van der Waals surface area contributed by atoms with Crippen LogP contribution < -0.4 is 0 Å². The zero-order valence-electron chi connectivity index (χ0n) is 9.92. The van der Waals surface area contributed by atoms with Gasteiger partial charge in [0.15, 0.2) is 0 Å². The third-order valence-electron chi connectivity index (χ3n) is 2.44. The minimum Gasteiger partial charge on any atom is -0.466 e. The van der Waals surface area contributed by atoms with Crippen LogP contribution in [0.25, 0.3) is 0 Å². The number of hydrogen-bond donors (Lipinski definition) is 0. The molecule has 1 aromatic rings. The molecule has 0 saturated heterocycles. The summed E-state index contributed by atoms with van der Waals surface area (Å²) in [6.07, 6.45) is 0.186. The van der Waals surface area contributed by atoms with E-state index in [2.05, 4.69) is 6.07 Å². The lowest BCUT2D eigenvalue weighted by Crippen LogP contribution is -2.08. The van der Waals surface area contributed by atoms with Crippen molar-refractivity contribution in [2.45, 2.75) is 26.1 Å². The van der Waals surface area contributed by atoms with Crippen molar-refractivity contribution in [3.63, 3.8) is 0 Å². The average molecular weight is 252 g/mol. The fourth-order valence-corrected chi connectivity index (χ4v) is 2.00. The summed E-state index contributed by atoms with van der Waals surface area (Å²) in [5.41, 5.74) is 3.06. The Morgan fingerprint density at radius 1 is 1.53 bits per heavy atom. The molecule has 17 heavy (non-hydrogen) atoms. The van der Waals surface area contributed by atoms with Crippen molar-refractivity contribution in [2.24, 2.45) is 0 Å². The number of aryl methyl sites for hydroxylation is 1. The molecule has 0 radical (unpaired) electrons. The van der Waals surface area contributed by atoms with Gasteiger partial charge in [-0.2, -0.15) is 5.26 Å². The van der Waals surface area contributed by atoms with Crippen LogP contribution in [-0.2, 0) is 21.8 Å². The summed E-state index contributed by atoms with van der Waals surface area (Å²) in [6.45, 7) is 4.01. The van der Waals surface area contributed by atoms with Crippen LogP contribution >= 0.6 is 11.6 Å². The largest absolute Gasteiger partial charge is 0.466 e. The molecule has 0 spiro atoms. The van der Waals surface area contributed by atoms with E-state index in [0.29, 0.717) is 18.1 Å². The lowest BCUT2D eigenvalue weighted by molar-refractivity contribution is -0.142. The van der Waals surface area contributed by atoms with Crippen molar-refractivity contribution < 1.29 is 9.53 Å². The summed E-state index contributed by atoms with van der Waals surface area (Å²) < 4.78 is 4.87. The predicted octanol–water partition coefficient (Wildman–Crippen LogP) is 2.71. The maximum atomic E-state index is 11.3. The third kappa shape index (κ3) is 3.47. The van der Waals surface area contributed by atoms with Crippen LogP contribution in [0.5, 0.6) is 0 Å². The molecular weight excluding hydrogens is 238 g/mol. The summed E-state index contributed by atoms with van der Waals surface area (Å²) in [7, 11) is 0. The van der Waals surface area contributed by atoms with E-state index >= 15 is 0 Å². The van der Waals surface area contributed by atoms with Crippen LogP contribution in [0.4, 0.5) is 0 Å². The van der Waals surface area contributed by atoms with Gasteiger partial charge >= 0.3 is 5.97 Å². The van der Waals surface area contributed by atoms with E-state index in [-0.39, 0.29) is 12.4 Å². The second kappa shape index (κ2) is 6.27. The fourth-order valence-electron chi connectivity index (χ4n) is 1.65. The van der Waals surface area contributed by atoms with Gasteiger partial charge in [0, 0.05) is 5.88 Å². The van der Waals surface area contributed by atoms with Gasteiger partial charge in [0.1, 0.15) is 0 Å². The monoisotopic (exact) mass is 251 g/mol. The van der Waals surface area contributed by atoms with Crippen LogP contribution in [0, 0.1) is 18.3 Å². The second-order valence-corrected chi connectivity index (χ2v) is 3.93. The molecule has 1 aromatic carbocycles. The van der Waals surface area contributed by atoms with Gasteiger partial charge in [-0.3, -0.25) is 4.79 Å². The molecule has 0 aliphatic heterocycles. The summed E-state index contributed by atoms with van der Waals surface area (Å²) in [5.74, 6) is 0.0171. The molecule has 0 N–H and O–H groups in total. The van der Waals surface area contributed by atoms with Crippen LogP contribution in [0.15, 0.2) is 12.1 Å². The zero-order chi connectivity index (χ0) is 12.8. The number of nitriles is 1. The Bertz CT molecular complexity index is 463. The van der Waals surface area contributed by atoms with Crippen molar-refractivity contribution >= 4 is 17.6 Å². The minimum atomic E-state index is -0.283. The Labute approximate surface area is 106 Å². The van der Waals surface area contributed by atoms with Gasteiger partial charge in [-0.05, 0) is 36.6 Å². The number of esters is 1. The number of halogens is 1. The lowest BCUT2D eigenvalue weighted by Gasteiger charge is -2.08. The molecule has 0 fully saturated rings. The zero-order valence-corrected chi connectivity index (χ0v) is 10.7. The summed E-state index contributed by atoms with van der Waals surface area (Å²) in [4.78, 5) is 11.3. The van der Waals surface area contributed by atoms with Crippen molar-refractivity contribution in [1.82, 2.24) is 0 Å². The molecule has 90 valence electrons. The smallest absolute Gasteiger partial charge is 0.310 e. The average Bonchev–Trinajstić information content (AvgIpc) is 2.28. The molecule has 4 heteroatoms. The SMILES string of the molecule is CCOC(=O)Cc1cc(C)c(CCl)c(C#N)c1. The van der Waals surface area contributed by atoms with E-state index in [9.17, 15) is 4.79 Å². The number of nitrogens with zero attached hydrogens (tertiary/aromatic N) is 1. The molecule has 0 aromatic heterocycles. The van der Waals surface area contributed by atoms with Crippen LogP contribution in [-0.4, -0.2) is 12.6 Å². The van der Waals surface area contributed by atoms with Gasteiger partial charge in [-0.15, -0.1) is 11.6 Å². The molecule has 0 aliphatic carbocycles. The number of carbonyl (C=O) groups is 1. The highest BCUT2D eigenvalue weighted by Crippen LogP contribution is 2.19. The number of rotatable bonds is 4. The minimum absolute atomic E-state index is 0.186. The number of hydrogen-bond acceptors (Lipinski definition) is 3. The second-order valence-electron chi connectivity index (χ2n) is 3.67. The lowest BCUT2D eigenvalue weighted by atomic mass is 9.99. The highest BCUT2D eigenvalue weighted by Gasteiger charge is 2.10. The van der Waals surface area contributed by atoms with Crippen LogP contribution in [0.3, 0.4) is 0 Å². The fraction of sp³-hybridized carbons (Fsp3) is 0.385. The normalized spacial score (nSPS) is 9.76. The standard InChI is InChI=1S/C13H14ClNO2/c1-3-17-13(16)6-10-4-9(2)12(7-14)11(5-10)8-15/h4-5H,3,6-7H2,1-2H3. The van der Waals surface area contributed by atoms with E-state index in [1.165, 1.54) is 0 Å². The molecule has 0 unspecified atom stereocenters. The summed E-state index contributed by atoms with van der Waals surface area (Å²) >= 11 is 5.78. The van der Waals surface area contributed by atoms with Gasteiger partial charge in [0.05, 0.1) is 24.7 Å². The van der Waals surface area contributed by atoms with E-state index in [4.69, 9.17) is 21.6 Å². The molecule has 0 saturated carbocycles. The Balaban J connectivity index is 3.00. The molecular formula is C13H14ClNO2. The third-order valence-corrected chi connectivity index (χ3v) is 2.71. The Morgan fingerprint density at radius 2 is 2.24 bits per heavy atom. The number of ether oxygens (including phenoxy) is 1. The number of benzene rings is 1. The van der Waals surface area contributed by atoms with E-state index < -0.39 is 0 Å².